The number of amides is 1. The minimum absolute atomic E-state index is 0.107. The van der Waals surface area contributed by atoms with Crippen LogP contribution in [0.15, 0.2) is 24.3 Å². The number of carbonyl (C=O) groups is 1. The number of carbonyl (C=O) groups excluding carboxylic acids is 1. The zero-order chi connectivity index (χ0) is 15.0. The molecule has 1 amide bonds. The van der Waals surface area contributed by atoms with Crippen molar-refractivity contribution in [2.24, 2.45) is 0 Å². The number of nitrogens with one attached hydrogen (secondary N) is 1. The summed E-state index contributed by atoms with van der Waals surface area (Å²) >= 11 is 5.98. The Bertz CT molecular complexity index is 661. The smallest absolute Gasteiger partial charge is 0.274 e. The topological polar surface area (TPSA) is 49.0 Å². The van der Waals surface area contributed by atoms with Gasteiger partial charge in [-0.15, -0.1) is 0 Å². The maximum atomic E-state index is 13.8. The van der Waals surface area contributed by atoms with Crippen LogP contribution in [0.3, 0.4) is 0 Å². The first-order chi connectivity index (χ1) is 10.1. The van der Waals surface area contributed by atoms with Gasteiger partial charge in [0.1, 0.15) is 11.5 Å². The van der Waals surface area contributed by atoms with Crippen LogP contribution in [-0.4, -0.2) is 28.1 Å². The van der Waals surface area contributed by atoms with E-state index in [0.29, 0.717) is 22.2 Å². The number of H-pyrrole nitrogens is 1. The van der Waals surface area contributed by atoms with Gasteiger partial charge in [0.25, 0.3) is 5.91 Å². The predicted molar refractivity (Wildman–Crippen MR) is 77.8 cm³/mol. The Morgan fingerprint density at radius 3 is 2.95 bits per heavy atom. The number of hydrogen-bond donors (Lipinski definition) is 1. The van der Waals surface area contributed by atoms with Crippen LogP contribution in [0.1, 0.15) is 40.5 Å². The molecule has 1 fully saturated rings. The molecule has 3 rings (SSSR count). The second-order valence-corrected chi connectivity index (χ2v) is 5.75. The summed E-state index contributed by atoms with van der Waals surface area (Å²) in [4.78, 5) is 13.7. The largest absolute Gasteiger partial charge is 0.336 e. The molecule has 1 aliphatic rings. The standard InChI is InChI=1S/C15H15ClFN3O/c1-20(8-10-11(16)3-2-4-12(10)17)15(21)14-7-13(18-19-14)9-5-6-9/h2-4,7,9H,5-6,8H2,1H3,(H,18,19). The van der Waals surface area contributed by atoms with Crippen LogP contribution in [-0.2, 0) is 6.54 Å². The lowest BCUT2D eigenvalue weighted by Crippen LogP contribution is -2.27. The molecule has 0 radical (unpaired) electrons. The molecule has 0 atom stereocenters. The first-order valence-electron chi connectivity index (χ1n) is 6.80. The summed E-state index contributed by atoms with van der Waals surface area (Å²) in [7, 11) is 1.61. The van der Waals surface area contributed by atoms with E-state index in [-0.39, 0.29) is 12.5 Å². The summed E-state index contributed by atoms with van der Waals surface area (Å²) in [6, 6.07) is 6.26. The lowest BCUT2D eigenvalue weighted by molar-refractivity contribution is 0.0778. The van der Waals surface area contributed by atoms with Gasteiger partial charge in [-0.2, -0.15) is 5.10 Å². The highest BCUT2D eigenvalue weighted by Crippen LogP contribution is 2.39. The second-order valence-electron chi connectivity index (χ2n) is 5.34. The molecule has 0 bridgehead atoms. The molecule has 0 aliphatic heterocycles. The van der Waals surface area contributed by atoms with Crippen molar-refractivity contribution >= 4 is 17.5 Å². The van der Waals surface area contributed by atoms with Crippen molar-refractivity contribution in [2.45, 2.75) is 25.3 Å². The Kier molecular flexibility index (Phi) is 3.68. The average molecular weight is 308 g/mol. The Morgan fingerprint density at radius 1 is 1.52 bits per heavy atom. The highest BCUT2D eigenvalue weighted by atomic mass is 35.5. The van der Waals surface area contributed by atoms with Gasteiger partial charge >= 0.3 is 0 Å². The summed E-state index contributed by atoms with van der Waals surface area (Å²) in [5.74, 6) is -0.161. The Labute approximate surface area is 126 Å². The average Bonchev–Trinajstić information content (AvgIpc) is 3.20. The van der Waals surface area contributed by atoms with E-state index < -0.39 is 5.82 Å². The van der Waals surface area contributed by atoms with Gasteiger partial charge in [-0.3, -0.25) is 9.89 Å². The third-order valence-electron chi connectivity index (χ3n) is 3.64. The SMILES string of the molecule is CN(Cc1c(F)cccc1Cl)C(=O)c1cc(C2CC2)[nH]n1. The van der Waals surface area contributed by atoms with Crippen molar-refractivity contribution in [3.05, 3.63) is 52.1 Å². The van der Waals surface area contributed by atoms with Crippen LogP contribution in [0.5, 0.6) is 0 Å². The van der Waals surface area contributed by atoms with E-state index in [1.54, 1.807) is 25.2 Å². The maximum absolute atomic E-state index is 13.8. The Hall–Kier alpha value is -1.88. The van der Waals surface area contributed by atoms with Crippen molar-refractivity contribution in [2.75, 3.05) is 7.05 Å². The molecule has 1 aromatic carbocycles. The van der Waals surface area contributed by atoms with E-state index in [9.17, 15) is 9.18 Å². The molecule has 1 heterocycles. The van der Waals surface area contributed by atoms with Crippen LogP contribution in [0, 0.1) is 5.82 Å². The summed E-state index contributed by atoms with van der Waals surface area (Å²) in [5.41, 5.74) is 1.66. The molecular weight excluding hydrogens is 293 g/mol. The molecule has 0 unspecified atom stereocenters. The van der Waals surface area contributed by atoms with Crippen LogP contribution in [0.4, 0.5) is 4.39 Å². The summed E-state index contributed by atoms with van der Waals surface area (Å²) in [6.07, 6.45) is 2.27. The fourth-order valence-electron chi connectivity index (χ4n) is 2.24. The predicted octanol–water partition coefficient (Wildman–Crippen LogP) is 3.35. The molecule has 0 spiro atoms. The number of hydrogen-bond acceptors (Lipinski definition) is 2. The van der Waals surface area contributed by atoms with Gasteiger partial charge in [0.2, 0.25) is 0 Å². The first kappa shape index (κ1) is 14.1. The number of benzene rings is 1. The van der Waals surface area contributed by atoms with E-state index in [1.165, 1.54) is 11.0 Å². The van der Waals surface area contributed by atoms with E-state index in [2.05, 4.69) is 10.2 Å². The molecule has 21 heavy (non-hydrogen) atoms. The Morgan fingerprint density at radius 2 is 2.29 bits per heavy atom. The monoisotopic (exact) mass is 307 g/mol. The second kappa shape index (κ2) is 5.48. The fraction of sp³-hybridized carbons (Fsp3) is 0.333. The molecule has 4 nitrogen and oxygen atoms in total. The molecule has 1 saturated carbocycles. The number of rotatable bonds is 4. The minimum Gasteiger partial charge on any atom is -0.336 e. The number of nitrogens with zero attached hydrogens (tertiary/aromatic N) is 2. The zero-order valence-corrected chi connectivity index (χ0v) is 12.3. The number of aromatic amines is 1. The highest BCUT2D eigenvalue weighted by molar-refractivity contribution is 6.31. The van der Waals surface area contributed by atoms with E-state index in [4.69, 9.17) is 11.6 Å². The molecule has 6 heteroatoms. The summed E-state index contributed by atoms with van der Waals surface area (Å²) in [5, 5.41) is 7.25. The summed E-state index contributed by atoms with van der Waals surface area (Å²) < 4.78 is 13.8. The van der Waals surface area contributed by atoms with Crippen molar-refractivity contribution in [1.29, 1.82) is 0 Å². The van der Waals surface area contributed by atoms with Crippen molar-refractivity contribution in [1.82, 2.24) is 15.1 Å². The van der Waals surface area contributed by atoms with Crippen LogP contribution in [0.25, 0.3) is 0 Å². The van der Waals surface area contributed by atoms with E-state index in [0.717, 1.165) is 18.5 Å². The number of aromatic nitrogens is 2. The molecule has 2 aromatic rings. The molecule has 1 aliphatic carbocycles. The van der Waals surface area contributed by atoms with Crippen molar-refractivity contribution < 1.29 is 9.18 Å². The fourth-order valence-corrected chi connectivity index (χ4v) is 2.46. The number of halogens is 2. The molecule has 110 valence electrons. The van der Waals surface area contributed by atoms with Crippen LogP contribution >= 0.6 is 11.6 Å². The normalized spacial score (nSPS) is 14.2. The maximum Gasteiger partial charge on any atom is 0.274 e. The van der Waals surface area contributed by atoms with Gasteiger partial charge in [0.05, 0.1) is 6.54 Å². The Balaban J connectivity index is 1.74. The molecule has 0 saturated heterocycles. The molecular formula is C15H15ClFN3O. The van der Waals surface area contributed by atoms with E-state index >= 15 is 0 Å². The quantitative estimate of drug-likeness (QED) is 0.941. The lowest BCUT2D eigenvalue weighted by atomic mass is 10.2. The zero-order valence-electron chi connectivity index (χ0n) is 11.6. The molecule has 1 N–H and O–H groups in total. The van der Waals surface area contributed by atoms with Crippen LogP contribution in [0.2, 0.25) is 5.02 Å². The van der Waals surface area contributed by atoms with Gasteiger partial charge in [0, 0.05) is 29.2 Å². The van der Waals surface area contributed by atoms with Gasteiger partial charge in [-0.05, 0) is 31.0 Å². The third kappa shape index (κ3) is 2.93. The van der Waals surface area contributed by atoms with Crippen molar-refractivity contribution in [3.63, 3.8) is 0 Å². The van der Waals surface area contributed by atoms with Gasteiger partial charge in [0.15, 0.2) is 0 Å². The van der Waals surface area contributed by atoms with Crippen LogP contribution < -0.4 is 0 Å². The van der Waals surface area contributed by atoms with Crippen molar-refractivity contribution in [3.8, 4) is 0 Å². The van der Waals surface area contributed by atoms with E-state index in [1.807, 2.05) is 0 Å². The first-order valence-corrected chi connectivity index (χ1v) is 7.17. The third-order valence-corrected chi connectivity index (χ3v) is 3.99. The summed E-state index contributed by atoms with van der Waals surface area (Å²) in [6.45, 7) is 0.107. The molecule has 1 aromatic heterocycles. The van der Waals surface area contributed by atoms with Gasteiger partial charge in [-0.25, -0.2) is 4.39 Å². The minimum atomic E-state index is -0.414. The van der Waals surface area contributed by atoms with Gasteiger partial charge in [-0.1, -0.05) is 17.7 Å². The lowest BCUT2D eigenvalue weighted by Gasteiger charge is -2.17. The van der Waals surface area contributed by atoms with Gasteiger partial charge < -0.3 is 4.90 Å². The highest BCUT2D eigenvalue weighted by Gasteiger charge is 2.27.